The maximum Gasteiger partial charge on any atom is 0.239 e. The van der Waals surface area contributed by atoms with E-state index in [0.717, 1.165) is 24.7 Å². The first-order chi connectivity index (χ1) is 10.0. The van der Waals surface area contributed by atoms with Crippen LogP contribution in [0.25, 0.3) is 0 Å². The number of hydrogen-bond donors (Lipinski definition) is 1. The molecule has 0 aromatic rings. The van der Waals surface area contributed by atoms with Crippen LogP contribution in [0.4, 0.5) is 0 Å². The highest BCUT2D eigenvalue weighted by atomic mass is 32.2. The van der Waals surface area contributed by atoms with Crippen molar-refractivity contribution in [3.05, 3.63) is 0 Å². The van der Waals surface area contributed by atoms with E-state index in [1.807, 2.05) is 0 Å². The number of nitriles is 1. The molecular weight excluding hydrogens is 284 g/mol. The molecule has 1 aliphatic heterocycles. The summed E-state index contributed by atoms with van der Waals surface area (Å²) < 4.78 is 0. The highest BCUT2D eigenvalue weighted by Crippen LogP contribution is 2.31. The van der Waals surface area contributed by atoms with Gasteiger partial charge in [-0.3, -0.25) is 10.6 Å². The Balaban J connectivity index is 1.81. The lowest BCUT2D eigenvalue weighted by Crippen LogP contribution is -2.50. The summed E-state index contributed by atoms with van der Waals surface area (Å²) in [4.78, 5) is 13.9. The third-order valence-corrected chi connectivity index (χ3v) is 5.83. The zero-order valence-corrected chi connectivity index (χ0v) is 13.8. The highest BCUT2D eigenvalue weighted by molar-refractivity contribution is 7.99. The summed E-state index contributed by atoms with van der Waals surface area (Å²) in [5, 5.41) is 10.8. The number of amides is 1. The number of nitrogens with two attached hydrogens (primary N) is 1. The Hall–Kier alpha value is -0.770. The first-order valence-electron chi connectivity index (χ1n) is 7.81. The molecule has 21 heavy (non-hydrogen) atoms. The Morgan fingerprint density at radius 1 is 1.43 bits per heavy atom. The highest BCUT2D eigenvalue weighted by Gasteiger charge is 2.32. The summed E-state index contributed by atoms with van der Waals surface area (Å²) in [5.41, 5.74) is 0. The van der Waals surface area contributed by atoms with E-state index in [4.69, 9.17) is 11.1 Å². The van der Waals surface area contributed by atoms with Gasteiger partial charge in [-0.05, 0) is 37.5 Å². The fraction of sp³-hybridized carbons (Fsp3) is 0.867. The van der Waals surface area contributed by atoms with E-state index in [-0.39, 0.29) is 18.5 Å². The van der Waals surface area contributed by atoms with E-state index < -0.39 is 0 Å². The molecule has 2 fully saturated rings. The predicted octanol–water partition coefficient (Wildman–Crippen LogP) is 1.80. The Labute approximate surface area is 131 Å². The van der Waals surface area contributed by atoms with Crippen molar-refractivity contribution in [2.45, 2.75) is 51.6 Å². The minimum Gasteiger partial charge on any atom is -0.315 e. The van der Waals surface area contributed by atoms with Gasteiger partial charge in [0.2, 0.25) is 5.91 Å². The molecule has 2 N–H and O–H groups in total. The molecule has 6 heteroatoms. The molecule has 1 amide bonds. The fourth-order valence-corrected chi connectivity index (χ4v) is 4.38. The van der Waals surface area contributed by atoms with Crippen molar-refractivity contribution in [2.24, 2.45) is 17.7 Å². The Kier molecular flexibility index (Phi) is 5.91. The van der Waals surface area contributed by atoms with Crippen LogP contribution in [0.1, 0.15) is 39.5 Å². The van der Waals surface area contributed by atoms with Crippen molar-refractivity contribution < 1.29 is 4.79 Å². The van der Waals surface area contributed by atoms with Gasteiger partial charge in [-0.15, -0.1) is 11.8 Å². The minimum atomic E-state index is -0.285. The molecule has 0 radical (unpaired) electrons. The second-order valence-corrected chi connectivity index (χ2v) is 7.49. The average Bonchev–Trinajstić information content (AvgIpc) is 2.95. The van der Waals surface area contributed by atoms with Crippen molar-refractivity contribution in [1.82, 2.24) is 9.91 Å². The van der Waals surface area contributed by atoms with Crippen LogP contribution in [-0.4, -0.2) is 46.1 Å². The molecule has 1 saturated heterocycles. The molecular formula is C15H26N4OS. The van der Waals surface area contributed by atoms with Crippen molar-refractivity contribution >= 4 is 17.7 Å². The van der Waals surface area contributed by atoms with E-state index in [2.05, 4.69) is 19.9 Å². The van der Waals surface area contributed by atoms with E-state index in [1.54, 1.807) is 21.7 Å². The summed E-state index contributed by atoms with van der Waals surface area (Å²) >= 11 is 1.63. The number of carbonyl (C=O) groups is 1. The van der Waals surface area contributed by atoms with Gasteiger partial charge in [-0.2, -0.15) is 5.26 Å². The minimum absolute atomic E-state index is 0.0139. The lowest BCUT2D eigenvalue weighted by atomic mass is 9.79. The predicted molar refractivity (Wildman–Crippen MR) is 85.0 cm³/mol. The van der Waals surface area contributed by atoms with E-state index >= 15 is 0 Å². The van der Waals surface area contributed by atoms with E-state index in [1.165, 1.54) is 12.8 Å². The summed E-state index contributed by atoms with van der Waals surface area (Å²) in [6.07, 6.45) is 4.54. The summed E-state index contributed by atoms with van der Waals surface area (Å²) in [6.45, 7) is 4.79. The Morgan fingerprint density at radius 3 is 2.67 bits per heavy atom. The summed E-state index contributed by atoms with van der Waals surface area (Å²) in [6, 6.07) is 2.21. The van der Waals surface area contributed by atoms with Crippen LogP contribution in [0.3, 0.4) is 0 Å². The van der Waals surface area contributed by atoms with Gasteiger partial charge in [0, 0.05) is 11.8 Å². The molecule has 0 aromatic carbocycles. The lowest BCUT2D eigenvalue weighted by Gasteiger charge is -2.36. The van der Waals surface area contributed by atoms with Crippen molar-refractivity contribution in [2.75, 3.05) is 18.2 Å². The van der Waals surface area contributed by atoms with Gasteiger partial charge in [0.1, 0.15) is 6.04 Å². The molecule has 0 spiro atoms. The van der Waals surface area contributed by atoms with Crippen molar-refractivity contribution in [1.29, 1.82) is 5.26 Å². The Bertz CT molecular complexity index is 401. The van der Waals surface area contributed by atoms with Gasteiger partial charge in [0.05, 0.1) is 18.5 Å². The number of hydrazine groups is 1. The molecule has 2 aliphatic rings. The first kappa shape index (κ1) is 16.6. The van der Waals surface area contributed by atoms with Crippen molar-refractivity contribution in [3.63, 3.8) is 0 Å². The maximum absolute atomic E-state index is 12.3. The first-order valence-corrected chi connectivity index (χ1v) is 8.96. The standard InChI is InChI=1S/C15H26N4OS/c1-11(2)12-3-5-13(6-4-12)19(17)8-15(20)18-10-21-9-14(18)7-16/h11-14H,3-6,8-10,17H2,1-2H3. The van der Waals surface area contributed by atoms with E-state index in [0.29, 0.717) is 17.7 Å². The molecule has 1 saturated carbocycles. The van der Waals surface area contributed by atoms with Gasteiger partial charge in [-0.25, -0.2) is 5.01 Å². The monoisotopic (exact) mass is 310 g/mol. The van der Waals surface area contributed by atoms with Crippen molar-refractivity contribution in [3.8, 4) is 6.07 Å². The molecule has 118 valence electrons. The smallest absolute Gasteiger partial charge is 0.239 e. The number of nitrogens with zero attached hydrogens (tertiary/aromatic N) is 3. The number of thioether (sulfide) groups is 1. The van der Waals surface area contributed by atoms with Crippen LogP contribution in [0.15, 0.2) is 0 Å². The van der Waals surface area contributed by atoms with Crippen LogP contribution in [-0.2, 0) is 4.79 Å². The fourth-order valence-electron chi connectivity index (χ4n) is 3.27. The van der Waals surface area contributed by atoms with Gasteiger partial charge < -0.3 is 4.90 Å². The van der Waals surface area contributed by atoms with E-state index in [9.17, 15) is 4.79 Å². The lowest BCUT2D eigenvalue weighted by molar-refractivity contribution is -0.132. The summed E-state index contributed by atoms with van der Waals surface area (Å²) in [5.74, 6) is 8.97. The average molecular weight is 310 g/mol. The normalized spacial score (nSPS) is 29.9. The zero-order chi connectivity index (χ0) is 15.4. The molecule has 1 unspecified atom stereocenters. The van der Waals surface area contributed by atoms with Crippen LogP contribution < -0.4 is 5.84 Å². The SMILES string of the molecule is CC(C)C1CCC(N(N)CC(=O)N2CSCC2C#N)CC1. The second kappa shape index (κ2) is 7.48. The van der Waals surface area contributed by atoms with Crippen LogP contribution >= 0.6 is 11.8 Å². The van der Waals surface area contributed by atoms with Crippen LogP contribution in [0.5, 0.6) is 0 Å². The topological polar surface area (TPSA) is 73.4 Å². The Morgan fingerprint density at radius 2 is 2.10 bits per heavy atom. The van der Waals surface area contributed by atoms with Gasteiger partial charge in [-0.1, -0.05) is 13.8 Å². The summed E-state index contributed by atoms with van der Waals surface area (Å²) in [7, 11) is 0. The van der Waals surface area contributed by atoms with Crippen LogP contribution in [0, 0.1) is 23.2 Å². The number of carbonyl (C=O) groups excluding carboxylic acids is 1. The third kappa shape index (κ3) is 4.12. The molecule has 0 bridgehead atoms. The quantitative estimate of drug-likeness (QED) is 0.633. The van der Waals surface area contributed by atoms with Crippen LogP contribution in [0.2, 0.25) is 0 Å². The molecule has 1 atom stereocenters. The second-order valence-electron chi connectivity index (χ2n) is 6.49. The van der Waals surface area contributed by atoms with Gasteiger partial charge >= 0.3 is 0 Å². The molecule has 1 aliphatic carbocycles. The molecule has 1 heterocycles. The largest absolute Gasteiger partial charge is 0.315 e. The number of hydrogen-bond acceptors (Lipinski definition) is 5. The third-order valence-electron chi connectivity index (χ3n) is 4.82. The van der Waals surface area contributed by atoms with Gasteiger partial charge in [0.15, 0.2) is 0 Å². The zero-order valence-electron chi connectivity index (χ0n) is 13.0. The molecule has 2 rings (SSSR count). The maximum atomic E-state index is 12.3. The molecule has 0 aromatic heterocycles. The number of rotatable bonds is 4. The molecule has 5 nitrogen and oxygen atoms in total. The van der Waals surface area contributed by atoms with Gasteiger partial charge in [0.25, 0.3) is 0 Å².